The van der Waals surface area contributed by atoms with Crippen LogP contribution in [0.3, 0.4) is 0 Å². The molecular weight excluding hydrogens is 697 g/mol. The molecule has 0 N–H and O–H groups in total. The molecule has 3 heteroatoms. The van der Waals surface area contributed by atoms with Crippen molar-refractivity contribution in [2.24, 2.45) is 29.6 Å². The van der Waals surface area contributed by atoms with Gasteiger partial charge in [-0.05, 0) is 151 Å². The fraction of sp³-hybridized carbons (Fsp3) is 0.208. The minimum Gasteiger partial charge on any atom is -0.310 e. The van der Waals surface area contributed by atoms with Crippen molar-refractivity contribution in [2.45, 2.75) is 37.5 Å². The van der Waals surface area contributed by atoms with Crippen molar-refractivity contribution in [2.75, 3.05) is 4.90 Å². The van der Waals surface area contributed by atoms with Gasteiger partial charge in [0.15, 0.2) is 0 Å². The molecule has 6 bridgehead atoms. The lowest BCUT2D eigenvalue weighted by molar-refractivity contribution is 0.0227. The molecule has 0 radical (unpaired) electrons. The van der Waals surface area contributed by atoms with E-state index in [-0.39, 0.29) is 5.41 Å². The monoisotopic (exact) mass is 738 g/mol. The van der Waals surface area contributed by atoms with Crippen LogP contribution >= 0.6 is 11.3 Å². The van der Waals surface area contributed by atoms with Crippen LogP contribution in [-0.4, -0.2) is 4.57 Å². The van der Waals surface area contributed by atoms with Crippen molar-refractivity contribution >= 4 is 70.4 Å². The van der Waals surface area contributed by atoms with Crippen LogP contribution in [0.1, 0.15) is 37.7 Å². The van der Waals surface area contributed by atoms with E-state index in [1.54, 1.807) is 5.56 Å². The fourth-order valence-electron chi connectivity index (χ4n) is 12.9. The van der Waals surface area contributed by atoms with Crippen molar-refractivity contribution < 1.29 is 0 Å². The third-order valence-electron chi connectivity index (χ3n) is 14.8. The zero-order valence-corrected chi connectivity index (χ0v) is 32.1. The number of fused-ring (bicyclic) bond motifs is 6. The molecule has 5 fully saturated rings. The van der Waals surface area contributed by atoms with Crippen LogP contribution in [0.15, 0.2) is 164 Å². The van der Waals surface area contributed by atoms with E-state index in [4.69, 9.17) is 0 Å². The van der Waals surface area contributed by atoms with Gasteiger partial charge in [0.25, 0.3) is 0 Å². The molecule has 270 valence electrons. The van der Waals surface area contributed by atoms with Crippen LogP contribution in [0.25, 0.3) is 58.8 Å². The molecule has 5 aliphatic rings. The summed E-state index contributed by atoms with van der Waals surface area (Å²) in [4.78, 5) is 2.60. The number of para-hydroxylation sites is 3. The number of anilines is 3. The molecule has 5 saturated carbocycles. The number of benzene rings is 7. The normalized spacial score (nSPS) is 24.7. The summed E-state index contributed by atoms with van der Waals surface area (Å²) >= 11 is 1.90. The number of nitrogens with zero attached hydrogens (tertiary/aromatic N) is 2. The largest absolute Gasteiger partial charge is 0.310 e. The van der Waals surface area contributed by atoms with E-state index >= 15 is 0 Å². The van der Waals surface area contributed by atoms with E-state index < -0.39 is 0 Å². The van der Waals surface area contributed by atoms with Gasteiger partial charge in [0, 0.05) is 53.7 Å². The maximum atomic E-state index is 2.60. The maximum Gasteiger partial charge on any atom is 0.0541 e. The molecule has 0 aliphatic heterocycles. The molecule has 9 aromatic rings. The molecule has 0 spiro atoms. The van der Waals surface area contributed by atoms with Crippen LogP contribution in [0.5, 0.6) is 0 Å². The van der Waals surface area contributed by atoms with Gasteiger partial charge in [0.2, 0.25) is 0 Å². The van der Waals surface area contributed by atoms with E-state index in [0.29, 0.717) is 0 Å². The van der Waals surface area contributed by atoms with Crippen molar-refractivity contribution in [1.82, 2.24) is 4.57 Å². The molecule has 2 nitrogen and oxygen atoms in total. The van der Waals surface area contributed by atoms with E-state index in [9.17, 15) is 0 Å². The topological polar surface area (TPSA) is 8.17 Å². The number of rotatable bonds is 6. The number of aromatic nitrogens is 1. The Morgan fingerprint density at radius 1 is 0.500 bits per heavy atom. The van der Waals surface area contributed by atoms with E-state index in [1.807, 2.05) is 11.3 Å². The highest BCUT2D eigenvalue weighted by Crippen LogP contribution is 2.73. The molecular formula is C53H42N2S. The number of hydrogen-bond donors (Lipinski definition) is 0. The fourth-order valence-corrected chi connectivity index (χ4v) is 14.0. The minimum absolute atomic E-state index is 0.279. The van der Waals surface area contributed by atoms with Gasteiger partial charge in [-0.1, -0.05) is 97.1 Å². The Hall–Kier alpha value is -5.64. The molecule has 2 aromatic heterocycles. The molecule has 1 unspecified atom stereocenters. The average Bonchev–Trinajstić information content (AvgIpc) is 3.94. The Labute approximate surface area is 331 Å². The Bertz CT molecular complexity index is 2950. The smallest absolute Gasteiger partial charge is 0.0541 e. The van der Waals surface area contributed by atoms with E-state index in [2.05, 4.69) is 173 Å². The van der Waals surface area contributed by atoms with Gasteiger partial charge in [-0.15, -0.1) is 11.3 Å². The molecule has 7 aromatic carbocycles. The second-order valence-corrected chi connectivity index (χ2v) is 18.6. The molecule has 0 saturated heterocycles. The third kappa shape index (κ3) is 4.44. The molecule has 3 atom stereocenters. The average molecular weight is 739 g/mol. The predicted octanol–water partition coefficient (Wildman–Crippen LogP) is 14.6. The van der Waals surface area contributed by atoms with Crippen molar-refractivity contribution in [3.8, 4) is 16.8 Å². The summed E-state index contributed by atoms with van der Waals surface area (Å²) in [6.45, 7) is 0. The summed E-state index contributed by atoms with van der Waals surface area (Å²) in [5.41, 5.74) is 11.8. The lowest BCUT2D eigenvalue weighted by Crippen LogP contribution is -2.47. The van der Waals surface area contributed by atoms with Crippen LogP contribution < -0.4 is 4.90 Å². The number of thiophene rings is 1. The quantitative estimate of drug-likeness (QED) is 0.165. The third-order valence-corrected chi connectivity index (χ3v) is 16.0. The van der Waals surface area contributed by atoms with Gasteiger partial charge in [-0.2, -0.15) is 0 Å². The minimum atomic E-state index is 0.279. The second-order valence-electron chi connectivity index (χ2n) is 17.5. The Morgan fingerprint density at radius 3 is 1.93 bits per heavy atom. The van der Waals surface area contributed by atoms with Gasteiger partial charge < -0.3 is 9.47 Å². The summed E-state index contributed by atoms with van der Waals surface area (Å²) < 4.78 is 5.12. The van der Waals surface area contributed by atoms with Crippen LogP contribution in [0.2, 0.25) is 0 Å². The van der Waals surface area contributed by atoms with Gasteiger partial charge in [0.1, 0.15) is 0 Å². The van der Waals surface area contributed by atoms with Crippen molar-refractivity contribution in [3.05, 3.63) is 169 Å². The van der Waals surface area contributed by atoms with Gasteiger partial charge in [-0.25, -0.2) is 0 Å². The lowest BCUT2D eigenvalue weighted by Gasteiger charge is -2.54. The molecule has 0 amide bonds. The maximum absolute atomic E-state index is 2.60. The van der Waals surface area contributed by atoms with Gasteiger partial charge in [0.05, 0.1) is 11.0 Å². The lowest BCUT2D eigenvalue weighted by atomic mass is 9.51. The molecule has 2 heterocycles. The first-order valence-electron chi connectivity index (χ1n) is 20.7. The first-order chi connectivity index (χ1) is 27.7. The molecule has 56 heavy (non-hydrogen) atoms. The number of hydrogen-bond acceptors (Lipinski definition) is 2. The summed E-state index contributed by atoms with van der Waals surface area (Å²) in [5.74, 6) is 4.80. The SMILES string of the molecule is c1cc(-c2ccc(N(c3ccc4sc5ccccc5c4c3)c3ccccc3C34CC5C6C[C@@H](C3)C5[C@@H](C6)C4)cc2)cc(-n2c3ccccc3c3ccccc32)c1. The van der Waals surface area contributed by atoms with Gasteiger partial charge >= 0.3 is 0 Å². The zero-order chi connectivity index (χ0) is 36.5. The summed E-state index contributed by atoms with van der Waals surface area (Å²) in [6, 6.07) is 61.7. The highest BCUT2D eigenvalue weighted by atomic mass is 32.1. The van der Waals surface area contributed by atoms with Crippen LogP contribution in [0.4, 0.5) is 17.1 Å². The summed E-state index contributed by atoms with van der Waals surface area (Å²) in [7, 11) is 0. The first-order valence-corrected chi connectivity index (χ1v) is 21.5. The first kappa shape index (κ1) is 31.6. The standard InChI is InChI=1S/C53H42N2S/c1-5-16-47-41(12-1)42-13-2-6-17-48(42)55(47)39-11-9-10-34(28-39)33-20-22-38(23-21-33)54(40-24-25-51-44(29-40)43-14-3-8-19-50(43)56-51)49-18-7-4-15-46(49)53-30-36-26-35-27-37(31-53)52(36)45(35)32-53/h1-25,28-29,35-37,45,52H,26-27,30-32H2/t35?,36-,37-,45?,52?,53?/m0/s1. The Morgan fingerprint density at radius 2 is 1.16 bits per heavy atom. The zero-order valence-electron chi connectivity index (χ0n) is 31.3. The second kappa shape index (κ2) is 11.7. The van der Waals surface area contributed by atoms with Crippen molar-refractivity contribution in [1.29, 1.82) is 0 Å². The van der Waals surface area contributed by atoms with Crippen LogP contribution in [-0.2, 0) is 5.41 Å². The molecule has 5 aliphatic carbocycles. The van der Waals surface area contributed by atoms with Gasteiger partial charge in [-0.3, -0.25) is 0 Å². The highest BCUT2D eigenvalue weighted by Gasteiger charge is 2.65. The van der Waals surface area contributed by atoms with Crippen molar-refractivity contribution in [3.63, 3.8) is 0 Å². The summed E-state index contributed by atoms with van der Waals surface area (Å²) in [5, 5.41) is 5.27. The van der Waals surface area contributed by atoms with E-state index in [0.717, 1.165) is 29.6 Å². The Kier molecular flexibility index (Phi) is 6.59. The summed E-state index contributed by atoms with van der Waals surface area (Å²) in [6.07, 6.45) is 7.11. The highest BCUT2D eigenvalue weighted by molar-refractivity contribution is 7.25. The Balaban J connectivity index is 0.947. The van der Waals surface area contributed by atoms with Crippen LogP contribution in [0, 0.1) is 29.6 Å². The predicted molar refractivity (Wildman–Crippen MR) is 236 cm³/mol. The molecule has 14 rings (SSSR count). The van der Waals surface area contributed by atoms with E-state index in [1.165, 1.54) is 108 Å².